The molecule has 0 spiro atoms. The molecule has 6 heteroatoms. The summed E-state index contributed by atoms with van der Waals surface area (Å²) in [4.78, 5) is 12.2. The highest BCUT2D eigenvalue weighted by Gasteiger charge is 2.22. The Morgan fingerprint density at radius 1 is 1.17 bits per heavy atom. The van der Waals surface area contributed by atoms with Gasteiger partial charge in [-0.15, -0.1) is 10.2 Å². The molecule has 3 rings (SSSR count). The zero-order valence-corrected chi connectivity index (χ0v) is 15.4. The molecule has 1 saturated carbocycles. The lowest BCUT2D eigenvalue weighted by atomic mass is 9.89. The Kier molecular flexibility index (Phi) is 6.66. The fraction of sp³-hybridized carbons (Fsp3) is 0.500. The first-order valence-corrected chi connectivity index (χ1v) is 10.4. The predicted octanol–water partition coefficient (Wildman–Crippen LogP) is 4.78. The van der Waals surface area contributed by atoms with Gasteiger partial charge in [0.2, 0.25) is 11.0 Å². The highest BCUT2D eigenvalue weighted by molar-refractivity contribution is 8.01. The number of aryl methyl sites for hydroxylation is 1. The van der Waals surface area contributed by atoms with Crippen molar-refractivity contribution in [2.45, 2.75) is 49.3 Å². The molecule has 1 N–H and O–H groups in total. The number of rotatable bonds is 7. The minimum Gasteiger partial charge on any atom is -0.300 e. The maximum atomic E-state index is 12.2. The number of aromatic nitrogens is 2. The smallest absolute Gasteiger partial charge is 0.229 e. The maximum absolute atomic E-state index is 12.2. The van der Waals surface area contributed by atoms with Crippen molar-refractivity contribution in [2.75, 3.05) is 11.1 Å². The van der Waals surface area contributed by atoms with Gasteiger partial charge in [-0.3, -0.25) is 4.79 Å². The van der Waals surface area contributed by atoms with Crippen LogP contribution in [0.4, 0.5) is 5.13 Å². The van der Waals surface area contributed by atoms with E-state index in [1.807, 2.05) is 6.07 Å². The zero-order chi connectivity index (χ0) is 16.6. The van der Waals surface area contributed by atoms with Gasteiger partial charge in [-0.05, 0) is 31.2 Å². The van der Waals surface area contributed by atoms with Crippen LogP contribution in [-0.2, 0) is 11.2 Å². The summed E-state index contributed by atoms with van der Waals surface area (Å²) in [5, 5.41) is 11.9. The summed E-state index contributed by atoms with van der Waals surface area (Å²) in [5.41, 5.74) is 1.37. The molecule has 0 atom stereocenters. The number of carbonyl (C=O) groups excluding carboxylic acids is 1. The molecule has 1 fully saturated rings. The number of thioether (sulfide) groups is 1. The van der Waals surface area contributed by atoms with Gasteiger partial charge in [-0.2, -0.15) is 0 Å². The van der Waals surface area contributed by atoms with Gasteiger partial charge in [0.25, 0.3) is 0 Å². The molecule has 0 saturated heterocycles. The first-order chi connectivity index (χ1) is 11.8. The number of hydrogen-bond acceptors (Lipinski definition) is 5. The van der Waals surface area contributed by atoms with Crippen LogP contribution >= 0.6 is 23.1 Å². The summed E-state index contributed by atoms with van der Waals surface area (Å²) < 4.78 is 0.932. The molecule has 4 nitrogen and oxygen atoms in total. The molecule has 2 aromatic rings. The molecule has 1 aromatic carbocycles. The largest absolute Gasteiger partial charge is 0.300 e. The Hall–Kier alpha value is -1.40. The molecule has 1 aliphatic rings. The van der Waals surface area contributed by atoms with Crippen LogP contribution in [0.1, 0.15) is 44.1 Å². The van der Waals surface area contributed by atoms with Crippen molar-refractivity contribution >= 4 is 34.1 Å². The zero-order valence-electron chi connectivity index (χ0n) is 13.7. The van der Waals surface area contributed by atoms with Crippen molar-refractivity contribution in [1.29, 1.82) is 0 Å². The second-order valence-electron chi connectivity index (χ2n) is 6.13. The lowest BCUT2D eigenvalue weighted by Crippen LogP contribution is -2.24. The van der Waals surface area contributed by atoms with Gasteiger partial charge in [-0.1, -0.05) is 72.7 Å². The average molecular weight is 362 g/mol. The van der Waals surface area contributed by atoms with E-state index < -0.39 is 0 Å². The second-order valence-corrected chi connectivity index (χ2v) is 8.45. The van der Waals surface area contributed by atoms with Crippen molar-refractivity contribution in [3.05, 3.63) is 35.9 Å². The van der Waals surface area contributed by atoms with Gasteiger partial charge in [0.1, 0.15) is 0 Å². The summed E-state index contributed by atoms with van der Waals surface area (Å²) >= 11 is 3.20. The molecule has 1 heterocycles. The van der Waals surface area contributed by atoms with E-state index in [-0.39, 0.29) is 11.8 Å². The van der Waals surface area contributed by atoms with Gasteiger partial charge in [0.15, 0.2) is 4.34 Å². The number of amides is 1. The third-order valence-electron chi connectivity index (χ3n) is 4.29. The first-order valence-electron chi connectivity index (χ1n) is 8.62. The fourth-order valence-corrected chi connectivity index (χ4v) is 4.74. The minimum absolute atomic E-state index is 0.117. The average Bonchev–Trinajstić information content (AvgIpc) is 3.08. The Bertz CT molecular complexity index is 639. The highest BCUT2D eigenvalue weighted by Crippen LogP contribution is 2.28. The van der Waals surface area contributed by atoms with Gasteiger partial charge >= 0.3 is 0 Å². The number of benzene rings is 1. The Balaban J connectivity index is 1.39. The van der Waals surface area contributed by atoms with E-state index in [9.17, 15) is 4.79 Å². The number of carbonyl (C=O) groups is 1. The third kappa shape index (κ3) is 5.31. The predicted molar refractivity (Wildman–Crippen MR) is 101 cm³/mol. The van der Waals surface area contributed by atoms with Crippen molar-refractivity contribution in [3.63, 3.8) is 0 Å². The minimum atomic E-state index is 0.117. The third-order valence-corrected chi connectivity index (χ3v) is 6.35. The van der Waals surface area contributed by atoms with E-state index in [2.05, 4.69) is 39.8 Å². The summed E-state index contributed by atoms with van der Waals surface area (Å²) in [6.07, 6.45) is 7.78. The molecule has 0 bridgehead atoms. The standard InChI is InChI=1S/C18H23N3OS2/c22-16(15-11-5-2-6-12-15)19-17-20-21-18(24-17)23-13-7-10-14-8-3-1-4-9-14/h1,3-4,8-9,15H,2,5-7,10-13H2,(H,19,20,22). The quantitative estimate of drug-likeness (QED) is 0.438. The highest BCUT2D eigenvalue weighted by atomic mass is 32.2. The lowest BCUT2D eigenvalue weighted by Gasteiger charge is -2.19. The molecule has 0 radical (unpaired) electrons. The van der Waals surface area contributed by atoms with Crippen molar-refractivity contribution in [1.82, 2.24) is 10.2 Å². The summed E-state index contributed by atoms with van der Waals surface area (Å²) in [7, 11) is 0. The number of nitrogens with zero attached hydrogens (tertiary/aromatic N) is 2. The SMILES string of the molecule is O=C(Nc1nnc(SCCCc2ccccc2)s1)C1CCCCC1. The number of hydrogen-bond donors (Lipinski definition) is 1. The van der Waals surface area contributed by atoms with E-state index in [0.29, 0.717) is 5.13 Å². The van der Waals surface area contributed by atoms with Crippen molar-refractivity contribution in [3.8, 4) is 0 Å². The second kappa shape index (κ2) is 9.18. The van der Waals surface area contributed by atoms with Crippen LogP contribution in [0.25, 0.3) is 0 Å². The fourth-order valence-electron chi connectivity index (χ4n) is 2.97. The van der Waals surface area contributed by atoms with Crippen LogP contribution in [0, 0.1) is 5.92 Å². The molecule has 24 heavy (non-hydrogen) atoms. The number of anilines is 1. The van der Waals surface area contributed by atoms with Gasteiger partial charge in [-0.25, -0.2) is 0 Å². The van der Waals surface area contributed by atoms with Crippen LogP contribution in [0.3, 0.4) is 0 Å². The molecule has 0 unspecified atom stereocenters. The first kappa shape index (κ1) is 17.4. The molecular weight excluding hydrogens is 338 g/mol. The van der Waals surface area contributed by atoms with Gasteiger partial charge in [0.05, 0.1) is 0 Å². The van der Waals surface area contributed by atoms with Crippen LogP contribution in [-0.4, -0.2) is 21.9 Å². The summed E-state index contributed by atoms with van der Waals surface area (Å²) in [5.74, 6) is 1.29. The van der Waals surface area contributed by atoms with E-state index in [1.54, 1.807) is 11.8 Å². The monoisotopic (exact) mass is 361 g/mol. The normalized spacial score (nSPS) is 15.3. The maximum Gasteiger partial charge on any atom is 0.229 e. The van der Waals surface area contributed by atoms with E-state index >= 15 is 0 Å². The van der Waals surface area contributed by atoms with E-state index in [1.165, 1.54) is 23.3 Å². The Morgan fingerprint density at radius 2 is 1.96 bits per heavy atom. The van der Waals surface area contributed by atoms with Gasteiger partial charge in [0, 0.05) is 11.7 Å². The number of nitrogens with one attached hydrogen (secondary N) is 1. The molecule has 0 aliphatic heterocycles. The molecule has 1 aliphatic carbocycles. The molecule has 1 amide bonds. The van der Waals surface area contributed by atoms with Crippen molar-refractivity contribution < 1.29 is 4.79 Å². The summed E-state index contributed by atoms with van der Waals surface area (Å²) in [6.45, 7) is 0. The molecule has 1 aromatic heterocycles. The van der Waals surface area contributed by atoms with Crippen LogP contribution in [0.2, 0.25) is 0 Å². The van der Waals surface area contributed by atoms with Crippen molar-refractivity contribution in [2.24, 2.45) is 5.92 Å². The molecular formula is C18H23N3OS2. The Labute approximate surface area is 151 Å². The topological polar surface area (TPSA) is 54.9 Å². The lowest BCUT2D eigenvalue weighted by molar-refractivity contribution is -0.120. The molecule has 128 valence electrons. The Morgan fingerprint density at radius 3 is 2.75 bits per heavy atom. The van der Waals surface area contributed by atoms with Gasteiger partial charge < -0.3 is 5.32 Å². The van der Waals surface area contributed by atoms with E-state index in [0.717, 1.165) is 48.6 Å². The van der Waals surface area contributed by atoms with Crippen LogP contribution in [0.5, 0.6) is 0 Å². The van der Waals surface area contributed by atoms with Crippen LogP contribution < -0.4 is 5.32 Å². The van der Waals surface area contributed by atoms with E-state index in [4.69, 9.17) is 0 Å². The summed E-state index contributed by atoms with van der Waals surface area (Å²) in [6, 6.07) is 10.5. The van der Waals surface area contributed by atoms with Crippen LogP contribution in [0.15, 0.2) is 34.7 Å².